The van der Waals surface area contributed by atoms with Crippen molar-refractivity contribution in [2.24, 2.45) is 0 Å². The van der Waals surface area contributed by atoms with E-state index in [1.807, 2.05) is 0 Å². The minimum Gasteiger partial charge on any atom is -0.316 e. The van der Waals surface area contributed by atoms with Gasteiger partial charge < -0.3 is 15.5 Å². The molecule has 0 aliphatic carbocycles. The Morgan fingerprint density at radius 3 is 2.58 bits per heavy atom. The summed E-state index contributed by atoms with van der Waals surface area (Å²) in [5.41, 5.74) is 2.77. The number of nitrogens with one attached hydrogen (secondary N) is 2. The van der Waals surface area contributed by atoms with Crippen LogP contribution in [0.25, 0.3) is 0 Å². The van der Waals surface area contributed by atoms with E-state index in [1.165, 1.54) is 37.2 Å². The lowest BCUT2D eigenvalue weighted by Gasteiger charge is -2.27. The van der Waals surface area contributed by atoms with E-state index in [0.717, 1.165) is 32.6 Å². The number of benzene rings is 1. The molecule has 106 valence electrons. The quantitative estimate of drug-likeness (QED) is 0.727. The second-order valence-electron chi connectivity index (χ2n) is 5.43. The van der Waals surface area contributed by atoms with Gasteiger partial charge in [-0.2, -0.15) is 0 Å². The fraction of sp³-hybridized carbons (Fsp3) is 0.625. The van der Waals surface area contributed by atoms with Gasteiger partial charge in [-0.25, -0.2) is 0 Å². The van der Waals surface area contributed by atoms with E-state index >= 15 is 0 Å². The lowest BCUT2D eigenvalue weighted by atomic mass is 10.1. The van der Waals surface area contributed by atoms with Crippen molar-refractivity contribution in [1.29, 1.82) is 0 Å². The Balaban J connectivity index is 1.49. The molecule has 0 radical (unpaired) electrons. The summed E-state index contributed by atoms with van der Waals surface area (Å²) >= 11 is 0. The van der Waals surface area contributed by atoms with E-state index in [4.69, 9.17) is 0 Å². The first-order valence-electron chi connectivity index (χ1n) is 7.54. The number of piperazine rings is 1. The molecule has 1 heterocycles. The van der Waals surface area contributed by atoms with Crippen molar-refractivity contribution in [3.05, 3.63) is 35.4 Å². The predicted octanol–water partition coefficient (Wildman–Crippen LogP) is 1.42. The van der Waals surface area contributed by atoms with Gasteiger partial charge in [0.1, 0.15) is 0 Å². The molecule has 19 heavy (non-hydrogen) atoms. The molecule has 1 aromatic carbocycles. The minimum absolute atomic E-state index is 1.09. The van der Waals surface area contributed by atoms with Crippen molar-refractivity contribution in [2.75, 3.05) is 45.8 Å². The Morgan fingerprint density at radius 1 is 1.11 bits per heavy atom. The fourth-order valence-electron chi connectivity index (χ4n) is 2.47. The van der Waals surface area contributed by atoms with Crippen LogP contribution in [0.2, 0.25) is 0 Å². The van der Waals surface area contributed by atoms with Gasteiger partial charge in [0.2, 0.25) is 0 Å². The van der Waals surface area contributed by atoms with Gasteiger partial charge in [0.25, 0.3) is 0 Å². The summed E-state index contributed by atoms with van der Waals surface area (Å²) in [6.45, 7) is 10.3. The Hall–Kier alpha value is -0.900. The van der Waals surface area contributed by atoms with Crippen molar-refractivity contribution >= 4 is 0 Å². The number of rotatable bonds is 7. The average molecular weight is 261 g/mol. The van der Waals surface area contributed by atoms with Crippen LogP contribution in [-0.4, -0.2) is 50.7 Å². The molecule has 1 aliphatic rings. The largest absolute Gasteiger partial charge is 0.316 e. The molecule has 2 rings (SSSR count). The molecule has 0 spiro atoms. The highest BCUT2D eigenvalue weighted by Crippen LogP contribution is 2.03. The summed E-state index contributed by atoms with van der Waals surface area (Å²) in [5, 5.41) is 6.94. The van der Waals surface area contributed by atoms with Crippen LogP contribution < -0.4 is 10.6 Å². The lowest BCUT2D eigenvalue weighted by Crippen LogP contribution is -2.44. The number of hydrogen-bond acceptors (Lipinski definition) is 3. The first-order chi connectivity index (χ1) is 9.34. The first kappa shape index (κ1) is 14.5. The summed E-state index contributed by atoms with van der Waals surface area (Å²) < 4.78 is 0. The lowest BCUT2D eigenvalue weighted by molar-refractivity contribution is 0.238. The molecule has 3 heteroatoms. The van der Waals surface area contributed by atoms with Crippen molar-refractivity contribution in [3.63, 3.8) is 0 Å². The van der Waals surface area contributed by atoms with Gasteiger partial charge in [0, 0.05) is 26.2 Å². The smallest absolute Gasteiger partial charge is 0.0107 e. The maximum atomic E-state index is 3.55. The van der Waals surface area contributed by atoms with E-state index in [-0.39, 0.29) is 0 Å². The summed E-state index contributed by atoms with van der Waals surface area (Å²) in [6, 6.07) is 8.86. The number of hydrogen-bond donors (Lipinski definition) is 2. The summed E-state index contributed by atoms with van der Waals surface area (Å²) in [4.78, 5) is 2.55. The zero-order valence-electron chi connectivity index (χ0n) is 12.1. The van der Waals surface area contributed by atoms with Gasteiger partial charge in [-0.1, -0.05) is 29.8 Å². The highest BCUT2D eigenvalue weighted by molar-refractivity contribution is 5.21. The van der Waals surface area contributed by atoms with Crippen LogP contribution in [0.3, 0.4) is 0 Å². The van der Waals surface area contributed by atoms with Crippen LogP contribution in [0.15, 0.2) is 24.3 Å². The highest BCUT2D eigenvalue weighted by atomic mass is 15.2. The van der Waals surface area contributed by atoms with Crippen LogP contribution in [-0.2, 0) is 6.42 Å². The summed E-state index contributed by atoms with van der Waals surface area (Å²) in [7, 11) is 0. The van der Waals surface area contributed by atoms with Gasteiger partial charge in [0.15, 0.2) is 0 Å². The second-order valence-corrected chi connectivity index (χ2v) is 5.43. The van der Waals surface area contributed by atoms with Gasteiger partial charge >= 0.3 is 0 Å². The molecule has 1 saturated heterocycles. The van der Waals surface area contributed by atoms with Crippen LogP contribution in [0.1, 0.15) is 17.5 Å². The van der Waals surface area contributed by atoms with E-state index < -0.39 is 0 Å². The monoisotopic (exact) mass is 261 g/mol. The van der Waals surface area contributed by atoms with E-state index in [9.17, 15) is 0 Å². The van der Waals surface area contributed by atoms with Gasteiger partial charge in [-0.05, 0) is 45.0 Å². The molecule has 3 nitrogen and oxygen atoms in total. The van der Waals surface area contributed by atoms with Crippen molar-refractivity contribution in [3.8, 4) is 0 Å². The van der Waals surface area contributed by atoms with Crippen molar-refractivity contribution < 1.29 is 0 Å². The summed E-state index contributed by atoms with van der Waals surface area (Å²) in [5.74, 6) is 0. The van der Waals surface area contributed by atoms with E-state index in [1.54, 1.807) is 0 Å². The van der Waals surface area contributed by atoms with Crippen LogP contribution in [0.4, 0.5) is 0 Å². The van der Waals surface area contributed by atoms with Crippen molar-refractivity contribution in [2.45, 2.75) is 19.8 Å². The second kappa shape index (κ2) is 8.31. The Bertz CT molecular complexity index is 342. The SMILES string of the molecule is Cc1ccc(CCNCCCN2CCNCC2)cc1. The molecule has 0 saturated carbocycles. The van der Waals surface area contributed by atoms with Crippen LogP contribution in [0, 0.1) is 6.92 Å². The molecule has 1 aliphatic heterocycles. The van der Waals surface area contributed by atoms with Crippen molar-refractivity contribution in [1.82, 2.24) is 15.5 Å². The molecule has 1 aromatic rings. The number of aryl methyl sites for hydroxylation is 1. The summed E-state index contributed by atoms with van der Waals surface area (Å²) in [6.07, 6.45) is 2.39. The molecular formula is C16H27N3. The molecule has 0 bridgehead atoms. The maximum absolute atomic E-state index is 3.55. The maximum Gasteiger partial charge on any atom is 0.0107 e. The normalized spacial score (nSPS) is 16.7. The standard InChI is InChI=1S/C16H27N3/c1-15-3-5-16(6-4-15)7-9-17-8-2-12-19-13-10-18-11-14-19/h3-6,17-18H,2,7-14H2,1H3. The van der Waals surface area contributed by atoms with Gasteiger partial charge in [-0.3, -0.25) is 0 Å². The third-order valence-corrected chi connectivity index (χ3v) is 3.75. The number of nitrogens with zero attached hydrogens (tertiary/aromatic N) is 1. The first-order valence-corrected chi connectivity index (χ1v) is 7.54. The minimum atomic E-state index is 1.09. The predicted molar refractivity (Wildman–Crippen MR) is 81.7 cm³/mol. The molecular weight excluding hydrogens is 234 g/mol. The Labute approximate surface area is 117 Å². The zero-order chi connectivity index (χ0) is 13.3. The molecule has 2 N–H and O–H groups in total. The molecule has 1 fully saturated rings. The van der Waals surface area contributed by atoms with Crippen LogP contribution in [0.5, 0.6) is 0 Å². The topological polar surface area (TPSA) is 27.3 Å². The Morgan fingerprint density at radius 2 is 1.84 bits per heavy atom. The fourth-order valence-corrected chi connectivity index (χ4v) is 2.47. The Kier molecular flexibility index (Phi) is 6.34. The van der Waals surface area contributed by atoms with Crippen LogP contribution >= 0.6 is 0 Å². The van der Waals surface area contributed by atoms with E-state index in [2.05, 4.69) is 46.7 Å². The molecule has 0 unspecified atom stereocenters. The molecule has 0 atom stereocenters. The van der Waals surface area contributed by atoms with Gasteiger partial charge in [-0.15, -0.1) is 0 Å². The third kappa shape index (κ3) is 5.72. The van der Waals surface area contributed by atoms with E-state index in [0.29, 0.717) is 0 Å². The highest BCUT2D eigenvalue weighted by Gasteiger charge is 2.07. The molecule has 0 aromatic heterocycles. The average Bonchev–Trinajstić information content (AvgIpc) is 2.46. The van der Waals surface area contributed by atoms with Gasteiger partial charge in [0.05, 0.1) is 0 Å². The zero-order valence-corrected chi connectivity index (χ0v) is 12.1. The molecule has 0 amide bonds. The third-order valence-electron chi connectivity index (χ3n) is 3.75.